The second kappa shape index (κ2) is 5.50. The van der Waals surface area contributed by atoms with E-state index >= 15 is 0 Å². The zero-order valence-electron chi connectivity index (χ0n) is 12.2. The Hall–Kier alpha value is -0.0800. The third kappa shape index (κ3) is 2.75. The number of hydrogen-bond donors (Lipinski definition) is 0. The molecule has 18 heavy (non-hydrogen) atoms. The van der Waals surface area contributed by atoms with E-state index in [4.69, 9.17) is 0 Å². The summed E-state index contributed by atoms with van der Waals surface area (Å²) in [7, 11) is 0. The lowest BCUT2D eigenvalue weighted by Crippen LogP contribution is -2.72. The molecule has 104 valence electrons. The van der Waals surface area contributed by atoms with Crippen molar-refractivity contribution in [1.29, 1.82) is 0 Å². The predicted molar refractivity (Wildman–Crippen MR) is 76.8 cm³/mol. The Balaban J connectivity index is 1.24. The van der Waals surface area contributed by atoms with Crippen molar-refractivity contribution in [3.05, 3.63) is 0 Å². The molecule has 1 aliphatic carbocycles. The van der Waals surface area contributed by atoms with E-state index in [2.05, 4.69) is 16.7 Å². The van der Waals surface area contributed by atoms with Gasteiger partial charge in [-0.15, -0.1) is 0 Å². The SMILES string of the molecule is CCCCCCN1CC2(C1)CN(CC1CCC1)C2. The van der Waals surface area contributed by atoms with E-state index < -0.39 is 0 Å². The van der Waals surface area contributed by atoms with Gasteiger partial charge in [0.05, 0.1) is 0 Å². The van der Waals surface area contributed by atoms with Gasteiger partial charge in [-0.2, -0.15) is 0 Å². The van der Waals surface area contributed by atoms with Gasteiger partial charge in [-0.05, 0) is 31.7 Å². The van der Waals surface area contributed by atoms with Gasteiger partial charge in [0.15, 0.2) is 0 Å². The molecule has 0 bridgehead atoms. The van der Waals surface area contributed by atoms with Gasteiger partial charge >= 0.3 is 0 Å². The number of hydrogen-bond acceptors (Lipinski definition) is 2. The third-order valence-electron chi connectivity index (χ3n) is 5.31. The minimum absolute atomic E-state index is 0.745. The van der Waals surface area contributed by atoms with Crippen LogP contribution in [0.1, 0.15) is 51.9 Å². The summed E-state index contributed by atoms with van der Waals surface area (Å²) < 4.78 is 0. The zero-order valence-corrected chi connectivity index (χ0v) is 12.2. The zero-order chi connectivity index (χ0) is 12.4. The summed E-state index contributed by atoms with van der Waals surface area (Å²) in [5.74, 6) is 1.06. The summed E-state index contributed by atoms with van der Waals surface area (Å²) in [6.07, 6.45) is 10.2. The van der Waals surface area contributed by atoms with Gasteiger partial charge in [-0.3, -0.25) is 0 Å². The van der Waals surface area contributed by atoms with Crippen molar-refractivity contribution in [3.63, 3.8) is 0 Å². The van der Waals surface area contributed by atoms with Crippen LogP contribution in [0, 0.1) is 11.3 Å². The highest BCUT2D eigenvalue weighted by molar-refractivity contribution is 5.05. The van der Waals surface area contributed by atoms with Crippen molar-refractivity contribution in [2.45, 2.75) is 51.9 Å². The molecule has 0 atom stereocenters. The first kappa shape index (κ1) is 12.9. The molecule has 3 rings (SSSR count). The minimum atomic E-state index is 0.745. The fourth-order valence-electron chi connectivity index (χ4n) is 4.09. The van der Waals surface area contributed by atoms with Crippen LogP contribution in [-0.2, 0) is 0 Å². The number of likely N-dealkylation sites (tertiary alicyclic amines) is 2. The molecule has 0 unspecified atom stereocenters. The highest BCUT2D eigenvalue weighted by atomic mass is 15.3. The quantitative estimate of drug-likeness (QED) is 0.641. The average molecular weight is 250 g/mol. The summed E-state index contributed by atoms with van der Waals surface area (Å²) >= 11 is 0. The van der Waals surface area contributed by atoms with Gasteiger partial charge in [0.2, 0.25) is 0 Å². The van der Waals surface area contributed by atoms with Crippen LogP contribution < -0.4 is 0 Å². The van der Waals surface area contributed by atoms with Crippen molar-refractivity contribution < 1.29 is 0 Å². The molecule has 2 heteroatoms. The van der Waals surface area contributed by atoms with Crippen molar-refractivity contribution in [1.82, 2.24) is 9.80 Å². The Morgan fingerprint density at radius 2 is 1.67 bits per heavy atom. The van der Waals surface area contributed by atoms with Crippen LogP contribution in [0.3, 0.4) is 0 Å². The lowest BCUT2D eigenvalue weighted by molar-refractivity contribution is -0.121. The van der Waals surface area contributed by atoms with Crippen molar-refractivity contribution >= 4 is 0 Å². The van der Waals surface area contributed by atoms with Gasteiger partial charge in [0, 0.05) is 38.1 Å². The van der Waals surface area contributed by atoms with Crippen molar-refractivity contribution in [2.75, 3.05) is 39.3 Å². The number of nitrogens with zero attached hydrogens (tertiary/aromatic N) is 2. The van der Waals surface area contributed by atoms with E-state index in [-0.39, 0.29) is 0 Å². The van der Waals surface area contributed by atoms with Gasteiger partial charge < -0.3 is 9.80 Å². The molecule has 2 aliphatic heterocycles. The topological polar surface area (TPSA) is 6.48 Å². The Bertz CT molecular complexity index is 258. The monoisotopic (exact) mass is 250 g/mol. The Labute approximate surface area is 113 Å². The van der Waals surface area contributed by atoms with Crippen molar-refractivity contribution in [3.8, 4) is 0 Å². The minimum Gasteiger partial charge on any atom is -0.302 e. The second-order valence-electron chi connectivity index (χ2n) is 7.24. The normalized spacial score (nSPS) is 27.8. The molecule has 3 aliphatic rings. The summed E-state index contributed by atoms with van der Waals surface area (Å²) in [6, 6.07) is 0. The summed E-state index contributed by atoms with van der Waals surface area (Å²) in [6.45, 7) is 10.7. The molecule has 0 aromatic rings. The molecule has 2 heterocycles. The van der Waals surface area contributed by atoms with Crippen LogP contribution in [0.25, 0.3) is 0 Å². The van der Waals surface area contributed by atoms with Crippen LogP contribution in [-0.4, -0.2) is 49.1 Å². The first-order valence-corrected chi connectivity index (χ1v) is 8.24. The summed E-state index contributed by atoms with van der Waals surface area (Å²) in [5.41, 5.74) is 0.745. The highest BCUT2D eigenvalue weighted by Crippen LogP contribution is 2.41. The first-order valence-electron chi connectivity index (χ1n) is 8.24. The molecular weight excluding hydrogens is 220 g/mol. The Morgan fingerprint density at radius 1 is 0.944 bits per heavy atom. The van der Waals surface area contributed by atoms with Crippen LogP contribution in [0.2, 0.25) is 0 Å². The molecule has 0 radical (unpaired) electrons. The maximum Gasteiger partial charge on any atom is 0.0212 e. The maximum absolute atomic E-state index is 2.72. The van der Waals surface area contributed by atoms with Crippen LogP contribution in [0.4, 0.5) is 0 Å². The highest BCUT2D eigenvalue weighted by Gasteiger charge is 2.51. The molecule has 0 amide bonds. The summed E-state index contributed by atoms with van der Waals surface area (Å²) in [4.78, 5) is 5.41. The van der Waals surface area contributed by atoms with E-state index in [1.54, 1.807) is 0 Å². The fourth-order valence-corrected chi connectivity index (χ4v) is 4.09. The fraction of sp³-hybridized carbons (Fsp3) is 1.00. The van der Waals surface area contributed by atoms with Crippen LogP contribution in [0.15, 0.2) is 0 Å². The molecule has 1 saturated carbocycles. The molecule has 2 nitrogen and oxygen atoms in total. The van der Waals surface area contributed by atoms with E-state index in [0.29, 0.717) is 0 Å². The summed E-state index contributed by atoms with van der Waals surface area (Å²) in [5, 5.41) is 0. The van der Waals surface area contributed by atoms with Crippen molar-refractivity contribution in [2.24, 2.45) is 11.3 Å². The lowest BCUT2D eigenvalue weighted by Gasteiger charge is -2.61. The largest absolute Gasteiger partial charge is 0.302 e. The Kier molecular flexibility index (Phi) is 3.95. The van der Waals surface area contributed by atoms with Gasteiger partial charge in [0.1, 0.15) is 0 Å². The van der Waals surface area contributed by atoms with Gasteiger partial charge in [-0.25, -0.2) is 0 Å². The maximum atomic E-state index is 2.72. The standard InChI is InChI=1S/C16H30N2/c1-2-3-4-5-9-17-11-16(12-17)13-18(14-16)10-15-7-6-8-15/h15H,2-14H2,1H3. The lowest BCUT2D eigenvalue weighted by atomic mass is 9.71. The molecule has 0 aromatic heterocycles. The number of unbranched alkanes of at least 4 members (excludes halogenated alkanes) is 3. The van der Waals surface area contributed by atoms with Gasteiger partial charge in [-0.1, -0.05) is 32.6 Å². The first-order chi connectivity index (χ1) is 8.80. The van der Waals surface area contributed by atoms with E-state index in [1.807, 2.05) is 0 Å². The molecule has 2 saturated heterocycles. The van der Waals surface area contributed by atoms with Gasteiger partial charge in [0.25, 0.3) is 0 Å². The Morgan fingerprint density at radius 3 is 2.28 bits per heavy atom. The molecule has 0 N–H and O–H groups in total. The molecule has 3 fully saturated rings. The molecular formula is C16H30N2. The number of rotatable bonds is 7. The van der Waals surface area contributed by atoms with E-state index in [0.717, 1.165) is 11.3 Å². The van der Waals surface area contributed by atoms with Crippen LogP contribution in [0.5, 0.6) is 0 Å². The average Bonchev–Trinajstić information content (AvgIpc) is 2.20. The third-order valence-corrected chi connectivity index (χ3v) is 5.31. The van der Waals surface area contributed by atoms with E-state index in [9.17, 15) is 0 Å². The molecule has 0 aromatic carbocycles. The van der Waals surface area contributed by atoms with E-state index in [1.165, 1.54) is 84.2 Å². The van der Waals surface area contributed by atoms with Crippen LogP contribution >= 0.6 is 0 Å². The molecule has 1 spiro atoms. The predicted octanol–water partition coefficient (Wildman–Crippen LogP) is 2.98. The second-order valence-corrected chi connectivity index (χ2v) is 7.24. The smallest absolute Gasteiger partial charge is 0.0212 e.